The van der Waals surface area contributed by atoms with E-state index in [-0.39, 0.29) is 0 Å². The molecule has 0 fully saturated rings. The Labute approximate surface area is 142 Å². The monoisotopic (exact) mass is 396 g/mol. The van der Waals surface area contributed by atoms with Crippen LogP contribution in [-0.4, -0.2) is 0 Å². The van der Waals surface area contributed by atoms with Crippen LogP contribution in [0.25, 0.3) is 33.4 Å². The Hall–Kier alpha value is -2.07. The Kier molecular flexibility index (Phi) is 3.47. The molecule has 0 aliphatic rings. The van der Waals surface area contributed by atoms with Crippen LogP contribution in [0.4, 0.5) is 0 Å². The first kappa shape index (κ1) is 13.6. The average Bonchev–Trinajstić information content (AvgIpc) is 2.96. The van der Waals surface area contributed by atoms with Crippen molar-refractivity contribution in [3.63, 3.8) is 0 Å². The summed E-state index contributed by atoms with van der Waals surface area (Å²) in [6.45, 7) is 0. The number of rotatable bonds is 2. The highest BCUT2D eigenvalue weighted by Gasteiger charge is 2.16. The molecule has 0 saturated heterocycles. The molecule has 3 aromatic carbocycles. The Morgan fingerprint density at radius 2 is 1.18 bits per heavy atom. The molecule has 4 aromatic rings. The lowest BCUT2D eigenvalue weighted by molar-refractivity contribution is 0.601. The molecule has 4 rings (SSSR count). The molecule has 0 unspecified atom stereocenters. The molecule has 0 saturated carbocycles. The third-order valence-corrected chi connectivity index (χ3v) is 4.72. The van der Waals surface area contributed by atoms with Gasteiger partial charge in [-0.3, -0.25) is 0 Å². The van der Waals surface area contributed by atoms with Gasteiger partial charge in [0.15, 0.2) is 0 Å². The van der Waals surface area contributed by atoms with E-state index in [4.69, 9.17) is 4.42 Å². The van der Waals surface area contributed by atoms with Gasteiger partial charge >= 0.3 is 0 Å². The van der Waals surface area contributed by atoms with E-state index in [1.165, 1.54) is 3.57 Å². The predicted molar refractivity (Wildman–Crippen MR) is 99.8 cm³/mol. The molecule has 0 aliphatic carbocycles. The normalized spacial score (nSPS) is 11.0. The van der Waals surface area contributed by atoms with E-state index in [1.54, 1.807) is 0 Å². The number of hydrogen-bond acceptors (Lipinski definition) is 1. The van der Waals surface area contributed by atoms with Crippen LogP contribution in [0.2, 0.25) is 0 Å². The van der Waals surface area contributed by atoms with Gasteiger partial charge in [-0.05, 0) is 28.7 Å². The molecule has 0 bridgehead atoms. The van der Waals surface area contributed by atoms with Crippen molar-refractivity contribution in [2.24, 2.45) is 0 Å². The van der Waals surface area contributed by atoms with Crippen molar-refractivity contribution >= 4 is 33.4 Å². The first-order valence-corrected chi connectivity index (χ1v) is 8.24. The molecule has 106 valence electrons. The highest BCUT2D eigenvalue weighted by atomic mass is 127. The van der Waals surface area contributed by atoms with Crippen LogP contribution in [0, 0.1) is 3.57 Å². The van der Waals surface area contributed by atoms with E-state index in [0.29, 0.717) is 0 Å². The second kappa shape index (κ2) is 5.61. The second-order valence-electron chi connectivity index (χ2n) is 5.15. The number of fused-ring (bicyclic) bond motifs is 1. The zero-order valence-electron chi connectivity index (χ0n) is 11.8. The minimum atomic E-state index is 0.936. The van der Waals surface area contributed by atoms with Crippen LogP contribution in [0.5, 0.6) is 0 Å². The van der Waals surface area contributed by atoms with E-state index in [0.717, 1.165) is 33.4 Å². The van der Waals surface area contributed by atoms with Gasteiger partial charge in [-0.1, -0.05) is 72.8 Å². The van der Waals surface area contributed by atoms with Gasteiger partial charge in [-0.25, -0.2) is 0 Å². The topological polar surface area (TPSA) is 13.1 Å². The molecule has 22 heavy (non-hydrogen) atoms. The molecule has 1 heterocycles. The first-order valence-electron chi connectivity index (χ1n) is 7.16. The summed E-state index contributed by atoms with van der Waals surface area (Å²) in [5, 5.41) is 2.31. The van der Waals surface area contributed by atoms with Gasteiger partial charge in [0.2, 0.25) is 0 Å². The third-order valence-electron chi connectivity index (χ3n) is 3.77. The summed E-state index contributed by atoms with van der Waals surface area (Å²) in [4.78, 5) is 0. The average molecular weight is 396 g/mol. The lowest BCUT2D eigenvalue weighted by Crippen LogP contribution is -1.79. The molecule has 0 radical (unpaired) electrons. The van der Waals surface area contributed by atoms with Gasteiger partial charge < -0.3 is 4.42 Å². The smallest absolute Gasteiger partial charge is 0.143 e. The Morgan fingerprint density at radius 1 is 0.591 bits per heavy atom. The fourth-order valence-corrected chi connectivity index (χ4v) is 3.37. The molecular formula is C20H13IO. The minimum absolute atomic E-state index is 0.936. The highest BCUT2D eigenvalue weighted by Crippen LogP contribution is 2.40. The Morgan fingerprint density at radius 3 is 1.91 bits per heavy atom. The summed E-state index contributed by atoms with van der Waals surface area (Å²) in [5.74, 6) is 1.88. The van der Waals surface area contributed by atoms with Gasteiger partial charge in [0, 0.05) is 25.5 Å². The van der Waals surface area contributed by atoms with Crippen LogP contribution < -0.4 is 0 Å². The van der Waals surface area contributed by atoms with E-state index in [2.05, 4.69) is 83.3 Å². The first-order chi connectivity index (χ1) is 10.8. The van der Waals surface area contributed by atoms with Gasteiger partial charge in [0.1, 0.15) is 11.5 Å². The van der Waals surface area contributed by atoms with Gasteiger partial charge in [0.05, 0.1) is 0 Å². The maximum atomic E-state index is 6.31. The highest BCUT2D eigenvalue weighted by molar-refractivity contribution is 14.1. The van der Waals surface area contributed by atoms with Gasteiger partial charge in [0.25, 0.3) is 0 Å². The lowest BCUT2D eigenvalue weighted by atomic mass is 10.0. The summed E-state index contributed by atoms with van der Waals surface area (Å²) in [7, 11) is 0. The standard InChI is InChI=1S/C20H13IO/c21-18-13-7-6-12-17(18)20-16-11-5-4-10-15(16)19(22-20)14-8-2-1-3-9-14/h1-13H. The molecule has 2 heteroatoms. The number of halogens is 1. The molecule has 0 spiro atoms. The maximum absolute atomic E-state index is 6.31. The third kappa shape index (κ3) is 2.24. The molecule has 0 aliphatic heterocycles. The largest absolute Gasteiger partial charge is 0.455 e. The SMILES string of the molecule is Ic1ccccc1-c1oc(-c2ccccc2)c2ccccc12. The quantitative estimate of drug-likeness (QED) is 0.359. The lowest BCUT2D eigenvalue weighted by Gasteiger charge is -2.01. The van der Waals surface area contributed by atoms with Crippen molar-refractivity contribution in [2.45, 2.75) is 0 Å². The van der Waals surface area contributed by atoms with Gasteiger partial charge in [-0.2, -0.15) is 0 Å². The minimum Gasteiger partial charge on any atom is -0.455 e. The Balaban J connectivity index is 2.04. The van der Waals surface area contributed by atoms with E-state index < -0.39 is 0 Å². The van der Waals surface area contributed by atoms with Crippen LogP contribution >= 0.6 is 22.6 Å². The zero-order chi connectivity index (χ0) is 14.9. The zero-order valence-corrected chi connectivity index (χ0v) is 13.9. The van der Waals surface area contributed by atoms with Crippen LogP contribution in [0.15, 0.2) is 83.3 Å². The molecule has 0 amide bonds. The van der Waals surface area contributed by atoms with Crippen molar-refractivity contribution in [2.75, 3.05) is 0 Å². The molecular weight excluding hydrogens is 383 g/mol. The number of benzene rings is 3. The van der Waals surface area contributed by atoms with Crippen molar-refractivity contribution in [3.05, 3.63) is 82.4 Å². The number of hydrogen-bond donors (Lipinski definition) is 0. The van der Waals surface area contributed by atoms with Crippen LogP contribution in [0.1, 0.15) is 0 Å². The summed E-state index contributed by atoms with van der Waals surface area (Å²) >= 11 is 2.36. The molecule has 1 aromatic heterocycles. The fourth-order valence-electron chi connectivity index (χ4n) is 2.74. The Bertz CT molecular complexity index is 938. The summed E-state index contributed by atoms with van der Waals surface area (Å²) < 4.78 is 7.51. The molecule has 1 nitrogen and oxygen atoms in total. The fraction of sp³-hybridized carbons (Fsp3) is 0. The molecule has 0 N–H and O–H groups in total. The van der Waals surface area contributed by atoms with E-state index in [1.807, 2.05) is 18.2 Å². The molecule has 0 atom stereocenters. The second-order valence-corrected chi connectivity index (χ2v) is 6.31. The maximum Gasteiger partial charge on any atom is 0.143 e. The van der Waals surface area contributed by atoms with Crippen LogP contribution in [-0.2, 0) is 0 Å². The summed E-state index contributed by atoms with van der Waals surface area (Å²) in [5.41, 5.74) is 2.25. The predicted octanol–water partition coefficient (Wildman–Crippen LogP) is 6.37. The summed E-state index contributed by atoms with van der Waals surface area (Å²) in [6, 6.07) is 27.0. The van der Waals surface area contributed by atoms with Crippen molar-refractivity contribution < 1.29 is 4.42 Å². The number of furan rings is 1. The van der Waals surface area contributed by atoms with Crippen molar-refractivity contribution in [1.82, 2.24) is 0 Å². The van der Waals surface area contributed by atoms with E-state index >= 15 is 0 Å². The van der Waals surface area contributed by atoms with Crippen molar-refractivity contribution in [1.29, 1.82) is 0 Å². The van der Waals surface area contributed by atoms with Crippen molar-refractivity contribution in [3.8, 4) is 22.6 Å². The van der Waals surface area contributed by atoms with Crippen LogP contribution in [0.3, 0.4) is 0 Å². The van der Waals surface area contributed by atoms with E-state index in [9.17, 15) is 0 Å². The summed E-state index contributed by atoms with van der Waals surface area (Å²) in [6.07, 6.45) is 0. The van der Waals surface area contributed by atoms with Gasteiger partial charge in [-0.15, -0.1) is 0 Å².